The van der Waals surface area contributed by atoms with Crippen LogP contribution in [0.15, 0.2) is 59.4 Å². The molecule has 0 radical (unpaired) electrons. The Labute approximate surface area is 173 Å². The van der Waals surface area contributed by atoms with Crippen molar-refractivity contribution in [2.24, 2.45) is 0 Å². The van der Waals surface area contributed by atoms with E-state index in [1.807, 2.05) is 18.2 Å². The molecule has 1 atom stereocenters. The lowest BCUT2D eigenvalue weighted by molar-refractivity contribution is -0.137. The van der Waals surface area contributed by atoms with Gasteiger partial charge in [0.1, 0.15) is 23.9 Å². The molecule has 0 saturated heterocycles. The zero-order valence-corrected chi connectivity index (χ0v) is 16.3. The maximum atomic E-state index is 14.4. The van der Waals surface area contributed by atoms with Crippen molar-refractivity contribution in [1.29, 1.82) is 0 Å². The Morgan fingerprint density at radius 3 is 2.63 bits per heavy atom. The second kappa shape index (κ2) is 8.49. The summed E-state index contributed by atoms with van der Waals surface area (Å²) in [6, 6.07) is 16.1. The zero-order valence-electron chi connectivity index (χ0n) is 16.3. The monoisotopic (exact) mass is 407 g/mol. The molecule has 30 heavy (non-hydrogen) atoms. The Kier molecular flexibility index (Phi) is 5.61. The fraction of sp³-hybridized carbons (Fsp3) is 0.261. The lowest BCUT2D eigenvalue weighted by Crippen LogP contribution is -2.36. The van der Waals surface area contributed by atoms with E-state index < -0.39 is 23.9 Å². The van der Waals surface area contributed by atoms with Crippen molar-refractivity contribution in [3.05, 3.63) is 82.0 Å². The molecular formula is C23H22FN3O3. The van der Waals surface area contributed by atoms with Crippen LogP contribution >= 0.6 is 0 Å². The number of carboxylic acid groups (broad SMARTS) is 1. The summed E-state index contributed by atoms with van der Waals surface area (Å²) >= 11 is 0. The first-order valence-electron chi connectivity index (χ1n) is 9.94. The minimum Gasteiger partial charge on any atom is -0.480 e. The highest BCUT2D eigenvalue weighted by atomic mass is 19.1. The molecule has 2 heterocycles. The number of nitrogens with zero attached hydrogens (tertiary/aromatic N) is 2. The lowest BCUT2D eigenvalue weighted by atomic mass is 9.97. The van der Waals surface area contributed by atoms with Gasteiger partial charge >= 0.3 is 5.97 Å². The number of hydrogen-bond acceptors (Lipinski definition) is 4. The fourth-order valence-corrected chi connectivity index (χ4v) is 3.84. The Bertz CT molecular complexity index is 1130. The van der Waals surface area contributed by atoms with Gasteiger partial charge in [-0.05, 0) is 43.4 Å². The molecule has 2 N–H and O–H groups in total. The highest BCUT2D eigenvalue weighted by molar-refractivity contribution is 5.69. The number of benzene rings is 2. The Morgan fingerprint density at radius 2 is 1.90 bits per heavy atom. The van der Waals surface area contributed by atoms with Crippen molar-refractivity contribution in [2.75, 3.05) is 5.32 Å². The average molecular weight is 407 g/mol. The maximum absolute atomic E-state index is 14.4. The normalized spacial score (nSPS) is 15.3. The molecule has 0 unspecified atom stereocenters. The standard InChI is InChI=1S/C23H22FN3O3/c24-18-9-5-4-8-17(18)22-26-19-13-12-16(11-10-15-6-2-1-3-7-15)25-21(19)23(30)27(22)14-20(28)29/h1-9,16,25H,10-14H2,(H,28,29)/t16-/m0/s1. The Hall–Kier alpha value is -3.48. The van der Waals surface area contributed by atoms with Crippen molar-refractivity contribution < 1.29 is 14.3 Å². The first-order chi connectivity index (χ1) is 14.5. The van der Waals surface area contributed by atoms with E-state index in [0.29, 0.717) is 17.8 Å². The van der Waals surface area contributed by atoms with E-state index >= 15 is 0 Å². The maximum Gasteiger partial charge on any atom is 0.323 e. The molecule has 0 amide bonds. The molecular weight excluding hydrogens is 385 g/mol. The van der Waals surface area contributed by atoms with E-state index in [1.54, 1.807) is 6.07 Å². The summed E-state index contributed by atoms with van der Waals surface area (Å²) in [7, 11) is 0. The topological polar surface area (TPSA) is 84.2 Å². The number of rotatable bonds is 6. The molecule has 3 aromatic rings. The molecule has 1 aliphatic heterocycles. The molecule has 6 nitrogen and oxygen atoms in total. The van der Waals surface area contributed by atoms with E-state index in [1.165, 1.54) is 23.8 Å². The summed E-state index contributed by atoms with van der Waals surface area (Å²) < 4.78 is 15.4. The third-order valence-corrected chi connectivity index (χ3v) is 5.35. The highest BCUT2D eigenvalue weighted by Crippen LogP contribution is 2.27. The Balaban J connectivity index is 1.67. The number of fused-ring (bicyclic) bond motifs is 1. The van der Waals surface area contributed by atoms with Gasteiger partial charge in [-0.2, -0.15) is 0 Å². The van der Waals surface area contributed by atoms with Crippen LogP contribution in [0.2, 0.25) is 0 Å². The van der Waals surface area contributed by atoms with Crippen LogP contribution < -0.4 is 10.9 Å². The van der Waals surface area contributed by atoms with Gasteiger partial charge in [0.15, 0.2) is 0 Å². The molecule has 1 aliphatic rings. The molecule has 7 heteroatoms. The van der Waals surface area contributed by atoms with Crippen LogP contribution in [0.4, 0.5) is 10.1 Å². The number of halogens is 1. The molecule has 1 aromatic heterocycles. The van der Waals surface area contributed by atoms with Crippen LogP contribution in [-0.2, 0) is 24.2 Å². The van der Waals surface area contributed by atoms with Gasteiger partial charge in [0.05, 0.1) is 11.3 Å². The van der Waals surface area contributed by atoms with E-state index in [9.17, 15) is 19.1 Å². The van der Waals surface area contributed by atoms with Crippen LogP contribution in [-0.4, -0.2) is 26.7 Å². The average Bonchev–Trinajstić information content (AvgIpc) is 2.75. The van der Waals surface area contributed by atoms with E-state index in [2.05, 4.69) is 22.4 Å². The molecule has 0 spiro atoms. The largest absolute Gasteiger partial charge is 0.480 e. The van der Waals surface area contributed by atoms with Gasteiger partial charge in [0.25, 0.3) is 5.56 Å². The van der Waals surface area contributed by atoms with Gasteiger partial charge in [-0.1, -0.05) is 42.5 Å². The smallest absolute Gasteiger partial charge is 0.323 e. The van der Waals surface area contributed by atoms with E-state index in [4.69, 9.17) is 0 Å². The Morgan fingerprint density at radius 1 is 1.17 bits per heavy atom. The molecule has 0 saturated carbocycles. The van der Waals surface area contributed by atoms with E-state index in [0.717, 1.165) is 23.8 Å². The quantitative estimate of drug-likeness (QED) is 0.654. The number of aryl methyl sites for hydroxylation is 2. The summed E-state index contributed by atoms with van der Waals surface area (Å²) in [5.74, 6) is -1.69. The molecule has 2 aromatic carbocycles. The molecule has 0 aliphatic carbocycles. The zero-order chi connectivity index (χ0) is 21.1. The molecule has 0 fully saturated rings. The van der Waals surface area contributed by atoms with Crippen molar-refractivity contribution in [3.8, 4) is 11.4 Å². The molecule has 4 rings (SSSR count). The van der Waals surface area contributed by atoms with Gasteiger partial charge in [0.2, 0.25) is 0 Å². The van der Waals surface area contributed by atoms with Crippen molar-refractivity contribution in [3.63, 3.8) is 0 Å². The van der Waals surface area contributed by atoms with Crippen LogP contribution in [0.5, 0.6) is 0 Å². The van der Waals surface area contributed by atoms with Gasteiger partial charge in [-0.3, -0.25) is 14.2 Å². The van der Waals surface area contributed by atoms with Gasteiger partial charge < -0.3 is 10.4 Å². The van der Waals surface area contributed by atoms with E-state index in [-0.39, 0.29) is 17.4 Å². The first-order valence-corrected chi connectivity index (χ1v) is 9.94. The summed E-state index contributed by atoms with van der Waals surface area (Å²) in [5, 5.41) is 12.6. The minimum atomic E-state index is -1.19. The molecule has 154 valence electrons. The van der Waals surface area contributed by atoms with Gasteiger partial charge in [-0.25, -0.2) is 9.37 Å². The van der Waals surface area contributed by atoms with Crippen LogP contribution in [0.1, 0.15) is 24.1 Å². The number of carboxylic acids is 1. The number of carbonyl (C=O) groups is 1. The van der Waals surface area contributed by atoms with Crippen molar-refractivity contribution in [1.82, 2.24) is 9.55 Å². The summed E-state index contributed by atoms with van der Waals surface area (Å²) in [6.07, 6.45) is 3.09. The highest BCUT2D eigenvalue weighted by Gasteiger charge is 2.26. The molecule has 0 bridgehead atoms. The third-order valence-electron chi connectivity index (χ3n) is 5.35. The summed E-state index contributed by atoms with van der Waals surface area (Å²) in [6.45, 7) is -0.584. The second-order valence-corrected chi connectivity index (χ2v) is 7.43. The number of anilines is 1. The second-order valence-electron chi connectivity index (χ2n) is 7.43. The number of aliphatic carboxylic acids is 1. The van der Waals surface area contributed by atoms with Crippen LogP contribution in [0.3, 0.4) is 0 Å². The van der Waals surface area contributed by atoms with Crippen molar-refractivity contribution in [2.45, 2.75) is 38.3 Å². The predicted octanol–water partition coefficient (Wildman–Crippen LogP) is 3.49. The number of aromatic nitrogens is 2. The summed E-state index contributed by atoms with van der Waals surface area (Å²) in [5.41, 5.74) is 1.73. The summed E-state index contributed by atoms with van der Waals surface area (Å²) in [4.78, 5) is 29.0. The number of nitrogens with one attached hydrogen (secondary N) is 1. The third kappa shape index (κ3) is 4.10. The van der Waals surface area contributed by atoms with Crippen LogP contribution in [0, 0.1) is 5.82 Å². The number of hydrogen-bond donors (Lipinski definition) is 2. The fourth-order valence-electron chi connectivity index (χ4n) is 3.84. The minimum absolute atomic E-state index is 0.0452. The van der Waals surface area contributed by atoms with Gasteiger partial charge in [-0.15, -0.1) is 0 Å². The predicted molar refractivity (Wildman–Crippen MR) is 112 cm³/mol. The van der Waals surface area contributed by atoms with Gasteiger partial charge in [0, 0.05) is 6.04 Å². The SMILES string of the molecule is O=C(O)Cn1c(-c2ccccc2F)nc2c(c1=O)N[C@@H](CCc1ccccc1)CC2. The van der Waals surface area contributed by atoms with Crippen LogP contribution in [0.25, 0.3) is 11.4 Å². The lowest BCUT2D eigenvalue weighted by Gasteiger charge is -2.27. The first kappa shape index (κ1) is 19.8. The van der Waals surface area contributed by atoms with Crippen molar-refractivity contribution >= 4 is 11.7 Å².